The molecular formula is C22H20Cl2N4O2S. The van der Waals surface area contributed by atoms with Crippen LogP contribution in [0.25, 0.3) is 10.6 Å². The minimum absolute atomic E-state index is 0.0859. The van der Waals surface area contributed by atoms with Gasteiger partial charge < -0.3 is 10.2 Å². The lowest BCUT2D eigenvalue weighted by atomic mass is 9.96. The highest BCUT2D eigenvalue weighted by molar-refractivity contribution is 7.17. The highest BCUT2D eigenvalue weighted by Crippen LogP contribution is 2.30. The number of thiazole rings is 1. The minimum Gasteiger partial charge on any atom is -0.337 e. The molecule has 1 atom stereocenters. The van der Waals surface area contributed by atoms with Crippen LogP contribution in [0.4, 0.5) is 5.69 Å². The fourth-order valence-electron chi connectivity index (χ4n) is 3.55. The number of hydrogen-bond donors (Lipinski definition) is 1. The summed E-state index contributed by atoms with van der Waals surface area (Å²) in [5.41, 5.74) is 2.16. The second kappa shape index (κ2) is 9.34. The summed E-state index contributed by atoms with van der Waals surface area (Å²) in [6, 6.07) is 8.73. The molecule has 3 aromatic rings. The molecule has 0 bridgehead atoms. The van der Waals surface area contributed by atoms with Gasteiger partial charge in [0.1, 0.15) is 9.88 Å². The average molecular weight is 475 g/mol. The highest BCUT2D eigenvalue weighted by Gasteiger charge is 2.31. The summed E-state index contributed by atoms with van der Waals surface area (Å²) >= 11 is 13.3. The maximum Gasteiger partial charge on any atom is 0.265 e. The number of carbonyl (C=O) groups excluding carboxylic acids is 2. The van der Waals surface area contributed by atoms with Gasteiger partial charge in [0.2, 0.25) is 5.91 Å². The Hall–Kier alpha value is -2.48. The van der Waals surface area contributed by atoms with Gasteiger partial charge in [0, 0.05) is 36.7 Å². The van der Waals surface area contributed by atoms with Gasteiger partial charge in [-0.15, -0.1) is 11.3 Å². The Bertz CT molecular complexity index is 1120. The van der Waals surface area contributed by atoms with Crippen LogP contribution in [0, 0.1) is 12.8 Å². The third kappa shape index (κ3) is 4.89. The predicted molar refractivity (Wildman–Crippen MR) is 124 cm³/mol. The summed E-state index contributed by atoms with van der Waals surface area (Å²) in [6.07, 6.45) is 4.92. The van der Waals surface area contributed by atoms with Crippen LogP contribution in [0.5, 0.6) is 0 Å². The van der Waals surface area contributed by atoms with E-state index in [0.717, 1.165) is 23.4 Å². The van der Waals surface area contributed by atoms with E-state index in [1.165, 1.54) is 11.3 Å². The second-order valence-electron chi connectivity index (χ2n) is 7.38. The summed E-state index contributed by atoms with van der Waals surface area (Å²) in [5, 5.41) is 4.45. The van der Waals surface area contributed by atoms with Crippen molar-refractivity contribution in [2.75, 3.05) is 18.4 Å². The first-order valence-electron chi connectivity index (χ1n) is 9.85. The molecule has 1 aliphatic rings. The number of aryl methyl sites for hydroxylation is 1. The largest absolute Gasteiger partial charge is 0.337 e. The van der Waals surface area contributed by atoms with Crippen molar-refractivity contribution < 1.29 is 9.59 Å². The van der Waals surface area contributed by atoms with Gasteiger partial charge in [-0.2, -0.15) is 0 Å². The first-order chi connectivity index (χ1) is 14.9. The fraction of sp³-hybridized carbons (Fsp3) is 0.273. The molecule has 1 N–H and O–H groups in total. The van der Waals surface area contributed by atoms with E-state index in [1.54, 1.807) is 35.5 Å². The molecule has 1 aliphatic heterocycles. The standard InChI is InChI=1S/C22H20Cl2N4O2S/c1-13-19(31-21(26-13)14-4-2-8-25-11-14)22(30)28-9-3-5-15(12-28)20(29)27-16-6-7-17(23)18(24)10-16/h2,4,6-8,10-11,15H,3,5,9,12H2,1H3,(H,27,29). The highest BCUT2D eigenvalue weighted by atomic mass is 35.5. The Labute approximate surface area is 194 Å². The summed E-state index contributed by atoms with van der Waals surface area (Å²) in [6.45, 7) is 2.82. The molecule has 0 aliphatic carbocycles. The van der Waals surface area contributed by atoms with Gasteiger partial charge in [0.25, 0.3) is 5.91 Å². The molecule has 3 heterocycles. The third-order valence-electron chi connectivity index (χ3n) is 5.17. The predicted octanol–water partition coefficient (Wildman–Crippen LogP) is 5.31. The third-order valence-corrected chi connectivity index (χ3v) is 7.10. The van der Waals surface area contributed by atoms with Gasteiger partial charge in [-0.1, -0.05) is 23.2 Å². The van der Waals surface area contributed by atoms with Crippen molar-refractivity contribution in [3.63, 3.8) is 0 Å². The number of piperidine rings is 1. The first-order valence-corrected chi connectivity index (χ1v) is 11.4. The van der Waals surface area contributed by atoms with Crippen molar-refractivity contribution in [3.8, 4) is 10.6 Å². The minimum atomic E-state index is -0.293. The number of hydrogen-bond acceptors (Lipinski definition) is 5. The maximum absolute atomic E-state index is 13.2. The molecule has 2 amide bonds. The number of aromatic nitrogens is 2. The van der Waals surface area contributed by atoms with Crippen molar-refractivity contribution in [1.82, 2.24) is 14.9 Å². The monoisotopic (exact) mass is 474 g/mol. The number of pyridine rings is 1. The van der Waals surface area contributed by atoms with Crippen LogP contribution in [0.3, 0.4) is 0 Å². The summed E-state index contributed by atoms with van der Waals surface area (Å²) in [4.78, 5) is 37.0. The van der Waals surface area contributed by atoms with Gasteiger partial charge in [0.15, 0.2) is 0 Å². The fourth-order valence-corrected chi connectivity index (χ4v) is 4.87. The Balaban J connectivity index is 1.45. The lowest BCUT2D eigenvalue weighted by molar-refractivity contribution is -0.121. The molecule has 6 nitrogen and oxygen atoms in total. The molecule has 1 fully saturated rings. The Morgan fingerprint density at radius 3 is 2.81 bits per heavy atom. The molecule has 1 unspecified atom stereocenters. The molecule has 0 spiro atoms. The van der Waals surface area contributed by atoms with Gasteiger partial charge >= 0.3 is 0 Å². The van der Waals surface area contributed by atoms with Crippen molar-refractivity contribution in [2.45, 2.75) is 19.8 Å². The number of nitrogens with one attached hydrogen (secondary N) is 1. The number of anilines is 1. The van der Waals surface area contributed by atoms with Crippen molar-refractivity contribution >= 4 is 52.0 Å². The van der Waals surface area contributed by atoms with Gasteiger partial charge in [0.05, 0.1) is 21.7 Å². The smallest absolute Gasteiger partial charge is 0.265 e. The van der Waals surface area contributed by atoms with Crippen molar-refractivity contribution in [2.24, 2.45) is 5.92 Å². The number of rotatable bonds is 4. The zero-order valence-corrected chi connectivity index (χ0v) is 19.1. The van der Waals surface area contributed by atoms with E-state index >= 15 is 0 Å². The van der Waals surface area contributed by atoms with E-state index in [2.05, 4.69) is 15.3 Å². The number of likely N-dealkylation sites (tertiary alicyclic amines) is 1. The first kappa shape index (κ1) is 21.7. The van der Waals surface area contributed by atoms with Crippen LogP contribution in [0.2, 0.25) is 10.0 Å². The second-order valence-corrected chi connectivity index (χ2v) is 9.20. The van der Waals surface area contributed by atoms with Crippen LogP contribution in [0.1, 0.15) is 28.2 Å². The summed E-state index contributed by atoms with van der Waals surface area (Å²) < 4.78 is 0. The molecule has 0 saturated carbocycles. The van der Waals surface area contributed by atoms with Crippen LogP contribution >= 0.6 is 34.5 Å². The Morgan fingerprint density at radius 1 is 1.23 bits per heavy atom. The van der Waals surface area contributed by atoms with Gasteiger partial charge in [-0.25, -0.2) is 4.98 Å². The van der Waals surface area contributed by atoms with E-state index < -0.39 is 0 Å². The van der Waals surface area contributed by atoms with Crippen LogP contribution in [0.15, 0.2) is 42.7 Å². The normalized spacial score (nSPS) is 16.2. The van der Waals surface area contributed by atoms with Crippen LogP contribution < -0.4 is 5.32 Å². The van der Waals surface area contributed by atoms with E-state index in [-0.39, 0.29) is 17.7 Å². The van der Waals surface area contributed by atoms with Crippen LogP contribution in [-0.2, 0) is 4.79 Å². The number of carbonyl (C=O) groups is 2. The molecule has 1 saturated heterocycles. The van der Waals surface area contributed by atoms with E-state index in [0.29, 0.717) is 39.4 Å². The van der Waals surface area contributed by atoms with Crippen LogP contribution in [-0.4, -0.2) is 39.8 Å². The Morgan fingerprint density at radius 2 is 2.06 bits per heavy atom. The average Bonchev–Trinajstić information content (AvgIpc) is 3.18. The molecule has 2 aromatic heterocycles. The van der Waals surface area contributed by atoms with Crippen molar-refractivity contribution in [3.05, 3.63) is 63.3 Å². The number of nitrogens with zero attached hydrogens (tertiary/aromatic N) is 3. The topological polar surface area (TPSA) is 75.2 Å². The van der Waals surface area contributed by atoms with Crippen molar-refractivity contribution in [1.29, 1.82) is 0 Å². The summed E-state index contributed by atoms with van der Waals surface area (Å²) in [7, 11) is 0. The van der Waals surface area contributed by atoms with Gasteiger partial charge in [-0.05, 0) is 50.1 Å². The molecule has 4 rings (SSSR count). The Kier molecular flexibility index (Phi) is 6.55. The number of amides is 2. The molecular weight excluding hydrogens is 455 g/mol. The van der Waals surface area contributed by atoms with E-state index in [9.17, 15) is 9.59 Å². The molecule has 160 valence electrons. The van der Waals surface area contributed by atoms with E-state index in [1.807, 2.05) is 19.1 Å². The maximum atomic E-state index is 13.2. The van der Waals surface area contributed by atoms with Gasteiger partial charge in [-0.3, -0.25) is 14.6 Å². The lowest BCUT2D eigenvalue weighted by Crippen LogP contribution is -2.43. The molecule has 9 heteroatoms. The lowest BCUT2D eigenvalue weighted by Gasteiger charge is -2.31. The molecule has 0 radical (unpaired) electrons. The number of halogens is 2. The zero-order chi connectivity index (χ0) is 22.0. The van der Waals surface area contributed by atoms with E-state index in [4.69, 9.17) is 23.2 Å². The zero-order valence-electron chi connectivity index (χ0n) is 16.8. The SMILES string of the molecule is Cc1nc(-c2cccnc2)sc1C(=O)N1CCCC(C(=O)Nc2ccc(Cl)c(Cl)c2)C1. The number of benzene rings is 1. The summed E-state index contributed by atoms with van der Waals surface area (Å²) in [5.74, 6) is -0.511. The molecule has 1 aromatic carbocycles. The quantitative estimate of drug-likeness (QED) is 0.555. The molecule has 31 heavy (non-hydrogen) atoms.